The Morgan fingerprint density at radius 2 is 2.06 bits per heavy atom. The molecule has 0 spiro atoms. The third-order valence-corrected chi connectivity index (χ3v) is 2.15. The SMILES string of the molecule is CC(C)(Oc1cccc(CC([NH])=O)c1)C(=O)O. The number of carboxylic acid groups (broad SMARTS) is 1. The van der Waals surface area contributed by atoms with Gasteiger partial charge in [0.25, 0.3) is 0 Å². The van der Waals surface area contributed by atoms with Gasteiger partial charge in [-0.05, 0) is 31.5 Å². The first-order valence-corrected chi connectivity index (χ1v) is 5.07. The third-order valence-electron chi connectivity index (χ3n) is 2.15. The van der Waals surface area contributed by atoms with Crippen LogP contribution in [0.2, 0.25) is 0 Å². The van der Waals surface area contributed by atoms with E-state index in [-0.39, 0.29) is 6.42 Å². The summed E-state index contributed by atoms with van der Waals surface area (Å²) in [7, 11) is 0. The zero-order valence-corrected chi connectivity index (χ0v) is 9.69. The molecule has 5 heteroatoms. The van der Waals surface area contributed by atoms with Crippen LogP contribution in [0.5, 0.6) is 5.75 Å². The van der Waals surface area contributed by atoms with Crippen molar-refractivity contribution in [1.29, 1.82) is 0 Å². The van der Waals surface area contributed by atoms with E-state index in [0.717, 1.165) is 0 Å². The number of carbonyl (C=O) groups excluding carboxylic acids is 1. The van der Waals surface area contributed by atoms with E-state index >= 15 is 0 Å². The number of ether oxygens (including phenoxy) is 1. The monoisotopic (exact) mass is 236 g/mol. The number of carbonyl (C=O) groups is 2. The molecular formula is C12H14NO4. The number of nitrogens with one attached hydrogen (secondary N) is 1. The molecule has 1 aromatic carbocycles. The number of amides is 1. The lowest BCUT2D eigenvalue weighted by atomic mass is 10.1. The molecule has 1 radical (unpaired) electrons. The van der Waals surface area contributed by atoms with Gasteiger partial charge in [0.15, 0.2) is 5.60 Å². The highest BCUT2D eigenvalue weighted by molar-refractivity contribution is 5.77. The van der Waals surface area contributed by atoms with Gasteiger partial charge in [-0.3, -0.25) is 10.5 Å². The number of rotatable bonds is 5. The van der Waals surface area contributed by atoms with Gasteiger partial charge in [0, 0.05) is 0 Å². The average Bonchev–Trinajstić information content (AvgIpc) is 2.15. The maximum atomic E-state index is 10.9. The molecule has 0 bridgehead atoms. The van der Waals surface area contributed by atoms with Crippen molar-refractivity contribution in [2.75, 3.05) is 0 Å². The molecule has 1 amide bonds. The van der Waals surface area contributed by atoms with Crippen LogP contribution in [0.3, 0.4) is 0 Å². The van der Waals surface area contributed by atoms with Crippen LogP contribution in [-0.4, -0.2) is 22.6 Å². The van der Waals surface area contributed by atoms with Crippen molar-refractivity contribution in [3.63, 3.8) is 0 Å². The molecule has 0 aliphatic heterocycles. The highest BCUT2D eigenvalue weighted by atomic mass is 16.5. The van der Waals surface area contributed by atoms with Gasteiger partial charge in [0.1, 0.15) is 5.75 Å². The first kappa shape index (κ1) is 13.0. The predicted octanol–water partition coefficient (Wildman–Crippen LogP) is 1.28. The number of aliphatic carboxylic acids is 1. The molecule has 5 nitrogen and oxygen atoms in total. The number of carboxylic acids is 1. The van der Waals surface area contributed by atoms with Crippen molar-refractivity contribution < 1.29 is 19.4 Å². The lowest BCUT2D eigenvalue weighted by molar-refractivity contribution is -0.152. The van der Waals surface area contributed by atoms with Crippen LogP contribution >= 0.6 is 0 Å². The van der Waals surface area contributed by atoms with E-state index in [4.69, 9.17) is 15.6 Å². The molecular weight excluding hydrogens is 222 g/mol. The van der Waals surface area contributed by atoms with Crippen molar-refractivity contribution >= 4 is 11.9 Å². The number of hydrogen-bond donors (Lipinski definition) is 1. The highest BCUT2D eigenvalue weighted by Gasteiger charge is 2.29. The summed E-state index contributed by atoms with van der Waals surface area (Å²) in [5.41, 5.74) is 6.16. The van der Waals surface area contributed by atoms with Crippen LogP contribution in [0.4, 0.5) is 0 Å². The summed E-state index contributed by atoms with van der Waals surface area (Å²) in [6.07, 6.45) is -0.00923. The molecule has 0 fully saturated rings. The minimum Gasteiger partial charge on any atom is -0.478 e. The maximum Gasteiger partial charge on any atom is 0.347 e. The normalized spacial score (nSPS) is 10.9. The smallest absolute Gasteiger partial charge is 0.347 e. The molecule has 0 unspecified atom stereocenters. The van der Waals surface area contributed by atoms with Crippen LogP contribution in [0.25, 0.3) is 0 Å². The van der Waals surface area contributed by atoms with Crippen LogP contribution < -0.4 is 10.5 Å². The van der Waals surface area contributed by atoms with Crippen LogP contribution in [0.1, 0.15) is 19.4 Å². The first-order chi connectivity index (χ1) is 7.81. The quantitative estimate of drug-likeness (QED) is 0.834. The van der Waals surface area contributed by atoms with Crippen molar-refractivity contribution in [2.45, 2.75) is 25.9 Å². The summed E-state index contributed by atoms with van der Waals surface area (Å²) >= 11 is 0. The summed E-state index contributed by atoms with van der Waals surface area (Å²) in [5, 5.41) is 8.91. The minimum absolute atomic E-state index is 0.00923. The fraction of sp³-hybridized carbons (Fsp3) is 0.333. The van der Waals surface area contributed by atoms with E-state index in [1.165, 1.54) is 13.8 Å². The molecule has 1 rings (SSSR count). The van der Waals surface area contributed by atoms with Crippen LogP contribution in [0, 0.1) is 0 Å². The second kappa shape index (κ2) is 4.86. The van der Waals surface area contributed by atoms with E-state index in [2.05, 4.69) is 0 Å². The zero-order valence-electron chi connectivity index (χ0n) is 9.69. The zero-order chi connectivity index (χ0) is 13.1. The largest absolute Gasteiger partial charge is 0.478 e. The third kappa shape index (κ3) is 3.79. The number of benzene rings is 1. The molecule has 17 heavy (non-hydrogen) atoms. The molecule has 1 aromatic rings. The molecule has 0 saturated carbocycles. The Morgan fingerprint density at radius 3 is 2.59 bits per heavy atom. The Kier molecular flexibility index (Phi) is 3.73. The second-order valence-electron chi connectivity index (χ2n) is 4.16. The lowest BCUT2D eigenvalue weighted by Crippen LogP contribution is -2.37. The van der Waals surface area contributed by atoms with Crippen molar-refractivity contribution in [2.24, 2.45) is 0 Å². The lowest BCUT2D eigenvalue weighted by Gasteiger charge is -2.21. The molecule has 91 valence electrons. The molecule has 0 atom stereocenters. The standard InChI is InChI=1S/C12H14NO4/c1-12(2,11(15)16)17-9-5-3-4-8(6-9)7-10(13)14/h3-6,13H,7H2,1-2H3,(H,15,16). The Labute approximate surface area is 99.2 Å². The summed E-state index contributed by atoms with van der Waals surface area (Å²) < 4.78 is 5.31. The van der Waals surface area contributed by atoms with E-state index in [1.807, 2.05) is 0 Å². The molecule has 0 saturated heterocycles. The number of hydrogen-bond acceptors (Lipinski definition) is 3. The molecule has 2 N–H and O–H groups in total. The summed E-state index contributed by atoms with van der Waals surface area (Å²) in [4.78, 5) is 21.5. The van der Waals surface area contributed by atoms with E-state index < -0.39 is 17.5 Å². The van der Waals surface area contributed by atoms with Gasteiger partial charge in [-0.15, -0.1) is 0 Å². The van der Waals surface area contributed by atoms with E-state index in [9.17, 15) is 9.59 Å². The first-order valence-electron chi connectivity index (χ1n) is 5.07. The van der Waals surface area contributed by atoms with Crippen molar-refractivity contribution in [3.8, 4) is 5.75 Å². The predicted molar refractivity (Wildman–Crippen MR) is 60.6 cm³/mol. The van der Waals surface area contributed by atoms with Crippen LogP contribution in [-0.2, 0) is 16.0 Å². The van der Waals surface area contributed by atoms with Gasteiger partial charge < -0.3 is 9.84 Å². The Bertz CT molecular complexity index is 440. The van der Waals surface area contributed by atoms with Crippen LogP contribution in [0.15, 0.2) is 24.3 Å². The Morgan fingerprint density at radius 1 is 1.41 bits per heavy atom. The van der Waals surface area contributed by atoms with Gasteiger partial charge in [-0.1, -0.05) is 12.1 Å². The van der Waals surface area contributed by atoms with Gasteiger partial charge in [0.2, 0.25) is 5.91 Å². The fourth-order valence-corrected chi connectivity index (χ4v) is 1.24. The molecule has 0 aliphatic rings. The van der Waals surface area contributed by atoms with E-state index in [0.29, 0.717) is 11.3 Å². The topological polar surface area (TPSA) is 87.4 Å². The summed E-state index contributed by atoms with van der Waals surface area (Å²) in [6.45, 7) is 2.88. The minimum atomic E-state index is -1.33. The molecule has 0 aromatic heterocycles. The highest BCUT2D eigenvalue weighted by Crippen LogP contribution is 2.20. The van der Waals surface area contributed by atoms with Crippen molar-refractivity contribution in [1.82, 2.24) is 5.73 Å². The van der Waals surface area contributed by atoms with E-state index in [1.54, 1.807) is 24.3 Å². The van der Waals surface area contributed by atoms with Crippen molar-refractivity contribution in [3.05, 3.63) is 29.8 Å². The van der Waals surface area contributed by atoms with Gasteiger partial charge in [0.05, 0.1) is 6.42 Å². The molecule has 0 aliphatic carbocycles. The maximum absolute atomic E-state index is 10.9. The second-order valence-corrected chi connectivity index (χ2v) is 4.16. The summed E-state index contributed by atoms with van der Waals surface area (Å²) in [6, 6.07) is 6.53. The summed E-state index contributed by atoms with van der Waals surface area (Å²) in [5.74, 6) is -1.39. The average molecular weight is 236 g/mol. The van der Waals surface area contributed by atoms with Gasteiger partial charge in [-0.25, -0.2) is 4.79 Å². The van der Waals surface area contributed by atoms with Gasteiger partial charge >= 0.3 is 5.97 Å². The molecule has 0 heterocycles. The Hall–Kier alpha value is -2.04. The fourth-order valence-electron chi connectivity index (χ4n) is 1.24. The Balaban J connectivity index is 2.85. The van der Waals surface area contributed by atoms with Gasteiger partial charge in [-0.2, -0.15) is 0 Å².